The molecule has 6 atom stereocenters. The predicted octanol–water partition coefficient (Wildman–Crippen LogP) is 8.69. The molecule has 0 bridgehead atoms. The number of Topliss-reactive ketones (excluding diaryl/α,β-unsaturated/α-hetero) is 1. The summed E-state index contributed by atoms with van der Waals surface area (Å²) in [5.41, 5.74) is 6.04. The maximum absolute atomic E-state index is 12.8. The fourth-order valence-corrected chi connectivity index (χ4v) is 9.28. The van der Waals surface area contributed by atoms with Crippen LogP contribution in [0.1, 0.15) is 120 Å². The van der Waals surface area contributed by atoms with Crippen molar-refractivity contribution in [2.75, 3.05) is 0 Å². The molecule has 0 aromatic carbocycles. The van der Waals surface area contributed by atoms with Gasteiger partial charge >= 0.3 is 0 Å². The summed E-state index contributed by atoms with van der Waals surface area (Å²) < 4.78 is 0. The Hall–Kier alpha value is -0.850. The van der Waals surface area contributed by atoms with E-state index < -0.39 is 0 Å². The summed E-state index contributed by atoms with van der Waals surface area (Å²) >= 11 is 0. The fourth-order valence-electron chi connectivity index (χ4n) is 9.28. The molecule has 0 aromatic rings. The van der Waals surface area contributed by atoms with Crippen LogP contribution in [0.2, 0.25) is 0 Å². The minimum atomic E-state index is -0.148. The third kappa shape index (κ3) is 3.26. The molecule has 0 heterocycles. The van der Waals surface area contributed by atoms with Crippen molar-refractivity contribution in [3.63, 3.8) is 0 Å². The standard InChI is InChI=1S/C30H48O/c1-20(2)10-9-11-21(3)22-14-18-30(8)24-12-13-25-27(4,5)26(31)16-17-28(25,6)23(24)15-19-29(22,30)7/h10,21-22,25H,9,11-19H2,1-8H3/t21-,22-,25?,28-,29-,30+/m1/s1. The molecule has 2 saturated carbocycles. The minimum absolute atomic E-state index is 0.148. The predicted molar refractivity (Wildman–Crippen MR) is 132 cm³/mol. The summed E-state index contributed by atoms with van der Waals surface area (Å²) in [6.45, 7) is 19.3. The molecule has 0 radical (unpaired) electrons. The van der Waals surface area contributed by atoms with Crippen LogP contribution < -0.4 is 0 Å². The molecule has 2 fully saturated rings. The van der Waals surface area contributed by atoms with E-state index in [-0.39, 0.29) is 10.8 Å². The largest absolute Gasteiger partial charge is 0.299 e. The SMILES string of the molecule is CC(C)=CCC[C@@H](C)[C@H]1CC[C@@]2(C)C3=C(CC[C@]12C)[C@@]1(C)CCC(=O)C(C)(C)C1CC3. The Balaban J connectivity index is 1.66. The Morgan fingerprint density at radius 3 is 2.35 bits per heavy atom. The number of ketones is 1. The van der Waals surface area contributed by atoms with E-state index in [1.807, 2.05) is 11.1 Å². The third-order valence-electron chi connectivity index (χ3n) is 11.4. The maximum atomic E-state index is 12.8. The Kier molecular flexibility index (Phi) is 5.71. The summed E-state index contributed by atoms with van der Waals surface area (Å²) in [6.07, 6.45) is 14.8. The molecule has 0 spiro atoms. The number of fused-ring (bicyclic) bond motifs is 4. The van der Waals surface area contributed by atoms with Gasteiger partial charge in [0.15, 0.2) is 0 Å². The monoisotopic (exact) mass is 424 g/mol. The van der Waals surface area contributed by atoms with Gasteiger partial charge in [0.05, 0.1) is 0 Å². The fraction of sp³-hybridized carbons (Fsp3) is 0.833. The molecule has 1 heteroatoms. The quantitative estimate of drug-likeness (QED) is 0.412. The Morgan fingerprint density at radius 2 is 1.68 bits per heavy atom. The van der Waals surface area contributed by atoms with E-state index in [9.17, 15) is 4.79 Å². The molecular formula is C30H48O. The van der Waals surface area contributed by atoms with Gasteiger partial charge in [0.25, 0.3) is 0 Å². The van der Waals surface area contributed by atoms with Crippen molar-refractivity contribution >= 4 is 5.78 Å². The lowest BCUT2D eigenvalue weighted by Crippen LogP contribution is -2.53. The Morgan fingerprint density at radius 1 is 0.968 bits per heavy atom. The van der Waals surface area contributed by atoms with Gasteiger partial charge in [0.2, 0.25) is 0 Å². The smallest absolute Gasteiger partial charge is 0.138 e. The molecule has 1 nitrogen and oxygen atoms in total. The first-order chi connectivity index (χ1) is 14.4. The van der Waals surface area contributed by atoms with Crippen LogP contribution in [0.25, 0.3) is 0 Å². The molecule has 31 heavy (non-hydrogen) atoms. The van der Waals surface area contributed by atoms with Crippen LogP contribution >= 0.6 is 0 Å². The molecule has 0 aromatic heterocycles. The average Bonchev–Trinajstić information content (AvgIpc) is 2.96. The van der Waals surface area contributed by atoms with E-state index in [0.29, 0.717) is 22.5 Å². The van der Waals surface area contributed by atoms with Gasteiger partial charge in [0, 0.05) is 11.8 Å². The van der Waals surface area contributed by atoms with Crippen LogP contribution in [0, 0.1) is 39.4 Å². The van der Waals surface area contributed by atoms with Crippen molar-refractivity contribution in [3.05, 3.63) is 22.8 Å². The lowest BCUT2D eigenvalue weighted by molar-refractivity contribution is -0.139. The molecule has 1 unspecified atom stereocenters. The van der Waals surface area contributed by atoms with Crippen molar-refractivity contribution in [1.82, 2.24) is 0 Å². The molecule has 0 amide bonds. The normalized spacial score (nSPS) is 42.5. The third-order valence-corrected chi connectivity index (χ3v) is 11.4. The molecule has 0 N–H and O–H groups in total. The molecule has 4 rings (SSSR count). The van der Waals surface area contributed by atoms with Gasteiger partial charge in [-0.3, -0.25) is 4.79 Å². The minimum Gasteiger partial charge on any atom is -0.299 e. The number of allylic oxidation sites excluding steroid dienone is 4. The molecule has 174 valence electrons. The van der Waals surface area contributed by atoms with Crippen LogP contribution in [0.5, 0.6) is 0 Å². The van der Waals surface area contributed by atoms with Gasteiger partial charge in [-0.1, -0.05) is 64.3 Å². The highest BCUT2D eigenvalue weighted by Gasteiger charge is 2.63. The van der Waals surface area contributed by atoms with Gasteiger partial charge in [0.1, 0.15) is 5.78 Å². The van der Waals surface area contributed by atoms with Gasteiger partial charge in [-0.2, -0.15) is 0 Å². The molecule has 4 aliphatic carbocycles. The van der Waals surface area contributed by atoms with Crippen LogP contribution in [0.15, 0.2) is 22.8 Å². The zero-order valence-electron chi connectivity index (χ0n) is 21.8. The second kappa shape index (κ2) is 7.59. The highest BCUT2D eigenvalue weighted by molar-refractivity contribution is 5.85. The number of rotatable bonds is 4. The van der Waals surface area contributed by atoms with E-state index in [2.05, 4.69) is 61.5 Å². The first kappa shape index (κ1) is 23.3. The number of carbonyl (C=O) groups excluding carboxylic acids is 1. The van der Waals surface area contributed by atoms with Crippen LogP contribution in [-0.4, -0.2) is 5.78 Å². The Labute approximate surface area is 192 Å². The van der Waals surface area contributed by atoms with E-state index in [4.69, 9.17) is 0 Å². The summed E-state index contributed by atoms with van der Waals surface area (Å²) in [5.74, 6) is 2.71. The van der Waals surface area contributed by atoms with E-state index in [1.165, 1.54) is 56.9 Å². The van der Waals surface area contributed by atoms with Crippen LogP contribution in [-0.2, 0) is 4.79 Å². The zero-order valence-corrected chi connectivity index (χ0v) is 21.8. The topological polar surface area (TPSA) is 17.1 Å². The van der Waals surface area contributed by atoms with Gasteiger partial charge in [-0.25, -0.2) is 0 Å². The molecule has 0 saturated heterocycles. The van der Waals surface area contributed by atoms with Crippen molar-refractivity contribution in [2.45, 2.75) is 120 Å². The summed E-state index contributed by atoms with van der Waals surface area (Å²) in [7, 11) is 0. The second-order valence-corrected chi connectivity index (χ2v) is 13.3. The number of carbonyl (C=O) groups is 1. The lowest BCUT2D eigenvalue weighted by Gasteiger charge is -2.61. The summed E-state index contributed by atoms with van der Waals surface area (Å²) in [5, 5.41) is 0. The van der Waals surface area contributed by atoms with Gasteiger partial charge in [-0.05, 0) is 106 Å². The summed E-state index contributed by atoms with van der Waals surface area (Å²) in [4.78, 5) is 12.8. The van der Waals surface area contributed by atoms with E-state index in [0.717, 1.165) is 24.7 Å². The van der Waals surface area contributed by atoms with Crippen molar-refractivity contribution in [1.29, 1.82) is 0 Å². The van der Waals surface area contributed by atoms with Gasteiger partial charge in [-0.15, -0.1) is 0 Å². The molecule has 0 aliphatic heterocycles. The highest BCUT2D eigenvalue weighted by Crippen LogP contribution is 2.72. The van der Waals surface area contributed by atoms with Crippen molar-refractivity contribution < 1.29 is 4.79 Å². The molecule has 4 aliphatic rings. The average molecular weight is 425 g/mol. The van der Waals surface area contributed by atoms with Crippen LogP contribution in [0.3, 0.4) is 0 Å². The number of hydrogen-bond donors (Lipinski definition) is 0. The first-order valence-electron chi connectivity index (χ1n) is 13.3. The summed E-state index contributed by atoms with van der Waals surface area (Å²) in [6, 6.07) is 0. The first-order valence-corrected chi connectivity index (χ1v) is 13.3. The zero-order chi connectivity index (χ0) is 22.8. The van der Waals surface area contributed by atoms with Gasteiger partial charge < -0.3 is 0 Å². The maximum Gasteiger partial charge on any atom is 0.138 e. The van der Waals surface area contributed by atoms with E-state index >= 15 is 0 Å². The highest BCUT2D eigenvalue weighted by atomic mass is 16.1. The lowest BCUT2D eigenvalue weighted by atomic mass is 9.43. The van der Waals surface area contributed by atoms with Crippen molar-refractivity contribution in [3.8, 4) is 0 Å². The second-order valence-electron chi connectivity index (χ2n) is 13.3. The Bertz CT molecular complexity index is 808. The van der Waals surface area contributed by atoms with Crippen molar-refractivity contribution in [2.24, 2.45) is 39.4 Å². The van der Waals surface area contributed by atoms with Crippen LogP contribution in [0.4, 0.5) is 0 Å². The number of hydrogen-bond acceptors (Lipinski definition) is 1. The van der Waals surface area contributed by atoms with E-state index in [1.54, 1.807) is 0 Å². The molecular weight excluding hydrogens is 376 g/mol.